The molecule has 2 unspecified atom stereocenters. The molecule has 1 aromatic carbocycles. The minimum absolute atomic E-state index is 0.0220. The Morgan fingerprint density at radius 1 is 1.19 bits per heavy atom. The average molecular weight is 387 g/mol. The number of hydrogen-bond donors (Lipinski definition) is 1. The molecular weight excluding hydrogens is 360 g/mol. The highest BCUT2D eigenvalue weighted by Crippen LogP contribution is 2.31. The molecule has 27 heavy (non-hydrogen) atoms. The van der Waals surface area contributed by atoms with Gasteiger partial charge < -0.3 is 14.8 Å². The van der Waals surface area contributed by atoms with Crippen molar-refractivity contribution in [3.8, 4) is 5.75 Å². The number of nitrogens with zero attached hydrogens (tertiary/aromatic N) is 1. The van der Waals surface area contributed by atoms with Gasteiger partial charge in [0.2, 0.25) is 5.91 Å². The van der Waals surface area contributed by atoms with Gasteiger partial charge in [-0.15, -0.1) is 11.3 Å². The zero-order valence-corrected chi connectivity index (χ0v) is 16.2. The predicted molar refractivity (Wildman–Crippen MR) is 106 cm³/mol. The van der Waals surface area contributed by atoms with Crippen LogP contribution in [0.15, 0.2) is 41.8 Å². The van der Waals surface area contributed by atoms with Gasteiger partial charge in [-0.2, -0.15) is 0 Å². The molecule has 0 spiro atoms. The molecule has 2 aromatic rings. The average Bonchev–Trinajstić information content (AvgIpc) is 3.36. The Balaban J connectivity index is 1.39. The van der Waals surface area contributed by atoms with E-state index in [1.807, 2.05) is 24.3 Å². The van der Waals surface area contributed by atoms with Crippen LogP contribution in [0.2, 0.25) is 0 Å². The number of para-hydroxylation sites is 1. The minimum atomic E-state index is 0.0220. The van der Waals surface area contributed by atoms with Crippen molar-refractivity contribution in [2.75, 3.05) is 26.3 Å². The molecule has 5 nitrogen and oxygen atoms in total. The fraction of sp³-hybridized carbons (Fsp3) is 0.476. The molecule has 2 atom stereocenters. The van der Waals surface area contributed by atoms with E-state index >= 15 is 0 Å². The van der Waals surface area contributed by atoms with Gasteiger partial charge in [0, 0.05) is 36.6 Å². The van der Waals surface area contributed by atoms with Crippen LogP contribution in [0.25, 0.3) is 0 Å². The van der Waals surface area contributed by atoms with Crippen molar-refractivity contribution in [3.05, 3.63) is 52.2 Å². The summed E-state index contributed by atoms with van der Waals surface area (Å²) >= 11 is 1.73. The first kappa shape index (κ1) is 18.5. The Hall–Kier alpha value is -1.89. The van der Waals surface area contributed by atoms with Crippen LogP contribution < -0.4 is 10.1 Å². The van der Waals surface area contributed by atoms with E-state index in [2.05, 4.69) is 27.7 Å². The third-order valence-corrected chi connectivity index (χ3v) is 5.97. The van der Waals surface area contributed by atoms with Crippen LogP contribution in [0.4, 0.5) is 0 Å². The molecule has 1 aromatic heterocycles. The SMILES string of the molecule is O=C(CN(Cc1cccs1)CC1CCCO1)NC1CCOc2ccccc21. The van der Waals surface area contributed by atoms with Gasteiger partial charge in [0.25, 0.3) is 0 Å². The molecule has 1 N–H and O–H groups in total. The number of ether oxygens (including phenoxy) is 2. The minimum Gasteiger partial charge on any atom is -0.493 e. The lowest BCUT2D eigenvalue weighted by atomic mass is 10.0. The third kappa shape index (κ3) is 4.89. The third-order valence-electron chi connectivity index (χ3n) is 5.11. The molecule has 2 aliphatic heterocycles. The second-order valence-corrected chi connectivity index (χ2v) is 8.21. The van der Waals surface area contributed by atoms with Gasteiger partial charge in [-0.1, -0.05) is 24.3 Å². The lowest BCUT2D eigenvalue weighted by Crippen LogP contribution is -2.42. The second-order valence-electron chi connectivity index (χ2n) is 7.18. The number of hydrogen-bond acceptors (Lipinski definition) is 5. The maximum atomic E-state index is 12.8. The Morgan fingerprint density at radius 2 is 2.11 bits per heavy atom. The summed E-state index contributed by atoms with van der Waals surface area (Å²) in [5.74, 6) is 0.940. The predicted octanol–water partition coefficient (Wildman–Crippen LogP) is 3.37. The molecule has 1 amide bonds. The fourth-order valence-electron chi connectivity index (χ4n) is 3.82. The molecular formula is C21H26N2O3S. The van der Waals surface area contributed by atoms with Gasteiger partial charge in [-0.05, 0) is 30.4 Å². The summed E-state index contributed by atoms with van der Waals surface area (Å²) in [7, 11) is 0. The van der Waals surface area contributed by atoms with Gasteiger partial charge in [-0.3, -0.25) is 9.69 Å². The second kappa shape index (κ2) is 8.87. The number of amides is 1. The maximum Gasteiger partial charge on any atom is 0.234 e. The molecule has 6 heteroatoms. The Morgan fingerprint density at radius 3 is 2.93 bits per heavy atom. The van der Waals surface area contributed by atoms with Crippen LogP contribution in [0.3, 0.4) is 0 Å². The number of thiophene rings is 1. The lowest BCUT2D eigenvalue weighted by molar-refractivity contribution is -0.123. The van der Waals surface area contributed by atoms with Gasteiger partial charge in [0.1, 0.15) is 5.75 Å². The lowest BCUT2D eigenvalue weighted by Gasteiger charge is -2.29. The van der Waals surface area contributed by atoms with Crippen molar-refractivity contribution >= 4 is 17.2 Å². The van der Waals surface area contributed by atoms with E-state index in [-0.39, 0.29) is 18.1 Å². The molecule has 1 saturated heterocycles. The molecule has 144 valence electrons. The van der Waals surface area contributed by atoms with Crippen molar-refractivity contribution in [1.82, 2.24) is 10.2 Å². The van der Waals surface area contributed by atoms with Crippen molar-refractivity contribution in [2.24, 2.45) is 0 Å². The Kier molecular flexibility index (Phi) is 6.07. The zero-order valence-electron chi connectivity index (χ0n) is 15.4. The molecule has 0 saturated carbocycles. The Bertz CT molecular complexity index is 744. The summed E-state index contributed by atoms with van der Waals surface area (Å²) in [6.07, 6.45) is 3.24. The highest BCUT2D eigenvalue weighted by Gasteiger charge is 2.25. The van der Waals surface area contributed by atoms with Crippen LogP contribution in [0.1, 0.15) is 35.7 Å². The number of rotatable bonds is 7. The quantitative estimate of drug-likeness (QED) is 0.793. The maximum absolute atomic E-state index is 12.8. The molecule has 0 bridgehead atoms. The van der Waals surface area contributed by atoms with E-state index in [1.165, 1.54) is 4.88 Å². The number of benzene rings is 1. The van der Waals surface area contributed by atoms with Gasteiger partial charge >= 0.3 is 0 Å². The summed E-state index contributed by atoms with van der Waals surface area (Å²) < 4.78 is 11.5. The van der Waals surface area contributed by atoms with Crippen molar-refractivity contribution in [1.29, 1.82) is 0 Å². The fourth-order valence-corrected chi connectivity index (χ4v) is 4.57. The molecule has 0 radical (unpaired) electrons. The number of nitrogens with one attached hydrogen (secondary N) is 1. The molecule has 0 aliphatic carbocycles. The van der Waals surface area contributed by atoms with E-state index < -0.39 is 0 Å². The van der Waals surface area contributed by atoms with Crippen molar-refractivity contribution < 1.29 is 14.3 Å². The van der Waals surface area contributed by atoms with Gasteiger partial charge in [0.05, 0.1) is 25.3 Å². The number of carbonyl (C=O) groups excluding carboxylic acids is 1. The summed E-state index contributed by atoms with van der Waals surface area (Å²) in [6.45, 7) is 3.45. The first-order chi connectivity index (χ1) is 13.3. The molecule has 1 fully saturated rings. The van der Waals surface area contributed by atoms with Gasteiger partial charge in [-0.25, -0.2) is 0 Å². The van der Waals surface area contributed by atoms with E-state index in [0.29, 0.717) is 13.2 Å². The van der Waals surface area contributed by atoms with E-state index in [1.54, 1.807) is 11.3 Å². The standard InChI is InChI=1S/C21H26N2O3S/c24-21(22-19-9-11-26-20-8-2-1-7-18(19)20)15-23(13-16-5-3-10-25-16)14-17-6-4-12-27-17/h1-2,4,6-8,12,16,19H,3,5,9-11,13-15H2,(H,22,24). The first-order valence-electron chi connectivity index (χ1n) is 9.65. The van der Waals surface area contributed by atoms with Crippen LogP contribution in [0.5, 0.6) is 5.75 Å². The highest BCUT2D eigenvalue weighted by molar-refractivity contribution is 7.09. The smallest absolute Gasteiger partial charge is 0.234 e. The molecule has 4 rings (SSSR count). The van der Waals surface area contributed by atoms with Crippen molar-refractivity contribution in [2.45, 2.75) is 38.0 Å². The summed E-state index contributed by atoms with van der Waals surface area (Å²) in [6, 6.07) is 12.2. The number of carbonyl (C=O) groups is 1. The molecule has 3 heterocycles. The van der Waals surface area contributed by atoms with Crippen molar-refractivity contribution in [3.63, 3.8) is 0 Å². The van der Waals surface area contributed by atoms with Gasteiger partial charge in [0.15, 0.2) is 0 Å². The van der Waals surface area contributed by atoms with Crippen LogP contribution in [0, 0.1) is 0 Å². The van der Waals surface area contributed by atoms with E-state index in [4.69, 9.17) is 9.47 Å². The monoisotopic (exact) mass is 386 g/mol. The summed E-state index contributed by atoms with van der Waals surface area (Å²) in [4.78, 5) is 16.3. The van der Waals surface area contributed by atoms with Crippen LogP contribution >= 0.6 is 11.3 Å². The number of fused-ring (bicyclic) bond motifs is 1. The zero-order chi connectivity index (χ0) is 18.5. The van der Waals surface area contributed by atoms with E-state index in [0.717, 1.165) is 50.3 Å². The first-order valence-corrected chi connectivity index (χ1v) is 10.5. The summed E-state index contributed by atoms with van der Waals surface area (Å²) in [5.41, 5.74) is 1.07. The largest absolute Gasteiger partial charge is 0.493 e. The Labute approximate surface area is 164 Å². The highest BCUT2D eigenvalue weighted by atomic mass is 32.1. The van der Waals surface area contributed by atoms with Crippen LogP contribution in [-0.4, -0.2) is 43.2 Å². The molecule has 2 aliphatic rings. The normalized spacial score (nSPS) is 21.7. The van der Waals surface area contributed by atoms with E-state index in [9.17, 15) is 4.79 Å². The summed E-state index contributed by atoms with van der Waals surface area (Å²) in [5, 5.41) is 5.29. The topological polar surface area (TPSA) is 50.8 Å². The van der Waals surface area contributed by atoms with Crippen LogP contribution in [-0.2, 0) is 16.1 Å².